The fourth-order valence-corrected chi connectivity index (χ4v) is 2.99. The van der Waals surface area contributed by atoms with E-state index >= 15 is 0 Å². The number of aliphatic hydroxyl groups excluding tert-OH is 2. The van der Waals surface area contributed by atoms with Gasteiger partial charge in [0.05, 0.1) is 12.2 Å². The first-order chi connectivity index (χ1) is 5.76. The molecule has 12 heavy (non-hydrogen) atoms. The van der Waals surface area contributed by atoms with Gasteiger partial charge >= 0.3 is 0 Å². The Balaban J connectivity index is 2.14. The molecule has 0 heterocycles. The molecule has 0 saturated heterocycles. The molecule has 0 aliphatic heterocycles. The Morgan fingerprint density at radius 2 is 1.33 bits per heavy atom. The van der Waals surface area contributed by atoms with Crippen LogP contribution in [-0.4, -0.2) is 22.4 Å². The van der Waals surface area contributed by atoms with Gasteiger partial charge < -0.3 is 10.2 Å². The quantitative estimate of drug-likeness (QED) is 0.577. The normalized spacial score (nSPS) is 40.5. The fourth-order valence-electron chi connectivity index (χ4n) is 2.99. The summed E-state index contributed by atoms with van der Waals surface area (Å²) in [5.41, 5.74) is -0.0990. The predicted octanol–water partition coefficient (Wildman–Crippen LogP) is 1.45. The van der Waals surface area contributed by atoms with Gasteiger partial charge in [-0.3, -0.25) is 0 Å². The van der Waals surface area contributed by atoms with Crippen molar-refractivity contribution in [2.24, 2.45) is 5.41 Å². The van der Waals surface area contributed by atoms with Gasteiger partial charge in [-0.1, -0.05) is 19.3 Å². The van der Waals surface area contributed by atoms with Crippen LogP contribution in [0.15, 0.2) is 0 Å². The molecule has 2 aliphatic rings. The molecule has 2 nitrogen and oxygen atoms in total. The molecule has 0 amide bonds. The average molecular weight is 170 g/mol. The molecule has 2 unspecified atom stereocenters. The summed E-state index contributed by atoms with van der Waals surface area (Å²) in [5, 5.41) is 19.6. The highest BCUT2D eigenvalue weighted by Crippen LogP contribution is 2.49. The summed E-state index contributed by atoms with van der Waals surface area (Å²) in [7, 11) is 0. The van der Waals surface area contributed by atoms with Crippen LogP contribution in [0.4, 0.5) is 0 Å². The highest BCUT2D eigenvalue weighted by Gasteiger charge is 2.48. The van der Waals surface area contributed by atoms with E-state index in [1.165, 1.54) is 19.3 Å². The van der Waals surface area contributed by atoms with Crippen LogP contribution in [0.5, 0.6) is 0 Å². The van der Waals surface area contributed by atoms with Crippen molar-refractivity contribution in [2.75, 3.05) is 0 Å². The Bertz CT molecular complexity index is 149. The number of rotatable bonds is 0. The average Bonchev–Trinajstić information content (AvgIpc) is 2.36. The molecule has 2 saturated carbocycles. The van der Waals surface area contributed by atoms with E-state index in [1.807, 2.05) is 0 Å². The van der Waals surface area contributed by atoms with Gasteiger partial charge in [-0.2, -0.15) is 0 Å². The summed E-state index contributed by atoms with van der Waals surface area (Å²) in [4.78, 5) is 0. The topological polar surface area (TPSA) is 40.5 Å². The van der Waals surface area contributed by atoms with E-state index in [-0.39, 0.29) is 17.6 Å². The maximum Gasteiger partial charge on any atom is 0.0622 e. The number of aliphatic hydroxyl groups is 2. The van der Waals surface area contributed by atoms with Gasteiger partial charge in [0.15, 0.2) is 0 Å². The lowest BCUT2D eigenvalue weighted by Crippen LogP contribution is -2.40. The van der Waals surface area contributed by atoms with Crippen LogP contribution in [0, 0.1) is 5.41 Å². The molecule has 2 heteroatoms. The first-order valence-corrected chi connectivity index (χ1v) is 5.12. The van der Waals surface area contributed by atoms with Crippen molar-refractivity contribution in [2.45, 2.75) is 57.2 Å². The largest absolute Gasteiger partial charge is 0.392 e. The molecule has 1 spiro atoms. The molecule has 0 radical (unpaired) electrons. The fraction of sp³-hybridized carbons (Fsp3) is 1.00. The first kappa shape index (κ1) is 8.52. The van der Waals surface area contributed by atoms with Crippen molar-refractivity contribution in [1.82, 2.24) is 0 Å². The first-order valence-electron chi connectivity index (χ1n) is 5.12. The third kappa shape index (κ3) is 1.09. The monoisotopic (exact) mass is 170 g/mol. The molecule has 2 fully saturated rings. The molecule has 0 aromatic heterocycles. The molecule has 2 N–H and O–H groups in total. The Labute approximate surface area is 73.6 Å². The van der Waals surface area contributed by atoms with Crippen LogP contribution in [0.25, 0.3) is 0 Å². The number of hydrogen-bond acceptors (Lipinski definition) is 2. The molecule has 0 bridgehead atoms. The van der Waals surface area contributed by atoms with E-state index in [4.69, 9.17) is 0 Å². The molecule has 2 aliphatic carbocycles. The standard InChI is InChI=1S/C10H18O2/c11-8-4-5-9(12)10(8)6-2-1-3-7-10/h8-9,11-12H,1-7H2. The molecule has 0 aromatic rings. The van der Waals surface area contributed by atoms with Crippen molar-refractivity contribution in [3.05, 3.63) is 0 Å². The maximum absolute atomic E-state index is 9.81. The summed E-state index contributed by atoms with van der Waals surface area (Å²) in [6.45, 7) is 0. The SMILES string of the molecule is OC1CCC(O)C12CCCCC2. The predicted molar refractivity (Wildman–Crippen MR) is 46.8 cm³/mol. The Morgan fingerprint density at radius 3 is 1.83 bits per heavy atom. The second kappa shape index (κ2) is 3.00. The van der Waals surface area contributed by atoms with Gasteiger partial charge in [-0.15, -0.1) is 0 Å². The van der Waals surface area contributed by atoms with Crippen molar-refractivity contribution in [3.8, 4) is 0 Å². The zero-order chi connectivity index (χ0) is 8.60. The Morgan fingerprint density at radius 1 is 0.833 bits per heavy atom. The van der Waals surface area contributed by atoms with Crippen LogP contribution < -0.4 is 0 Å². The smallest absolute Gasteiger partial charge is 0.0622 e. The lowest BCUT2D eigenvalue weighted by atomic mass is 9.70. The second-order valence-electron chi connectivity index (χ2n) is 4.40. The van der Waals surface area contributed by atoms with E-state index in [1.54, 1.807) is 0 Å². The van der Waals surface area contributed by atoms with Crippen molar-refractivity contribution >= 4 is 0 Å². The zero-order valence-corrected chi connectivity index (χ0v) is 7.50. The van der Waals surface area contributed by atoms with E-state index < -0.39 is 0 Å². The molecule has 0 aromatic carbocycles. The second-order valence-corrected chi connectivity index (χ2v) is 4.40. The summed E-state index contributed by atoms with van der Waals surface area (Å²) < 4.78 is 0. The van der Waals surface area contributed by atoms with Crippen LogP contribution in [0.1, 0.15) is 44.9 Å². The number of hydrogen-bond donors (Lipinski definition) is 2. The van der Waals surface area contributed by atoms with Crippen molar-refractivity contribution in [3.63, 3.8) is 0 Å². The van der Waals surface area contributed by atoms with Crippen LogP contribution >= 0.6 is 0 Å². The molecule has 2 atom stereocenters. The highest BCUT2D eigenvalue weighted by atomic mass is 16.3. The van der Waals surface area contributed by atoms with Gasteiger partial charge in [0, 0.05) is 5.41 Å². The van der Waals surface area contributed by atoms with Crippen molar-refractivity contribution < 1.29 is 10.2 Å². The van der Waals surface area contributed by atoms with Crippen LogP contribution in [0.3, 0.4) is 0 Å². The van der Waals surface area contributed by atoms with Gasteiger partial charge in [-0.25, -0.2) is 0 Å². The Kier molecular flexibility index (Phi) is 2.13. The maximum atomic E-state index is 9.81. The summed E-state index contributed by atoms with van der Waals surface area (Å²) in [6, 6.07) is 0. The Hall–Kier alpha value is -0.0800. The minimum Gasteiger partial charge on any atom is -0.392 e. The van der Waals surface area contributed by atoms with Gasteiger partial charge in [0.25, 0.3) is 0 Å². The van der Waals surface area contributed by atoms with Gasteiger partial charge in [0.1, 0.15) is 0 Å². The third-order valence-electron chi connectivity index (χ3n) is 3.83. The van der Waals surface area contributed by atoms with Gasteiger partial charge in [-0.05, 0) is 25.7 Å². The van der Waals surface area contributed by atoms with Crippen molar-refractivity contribution in [1.29, 1.82) is 0 Å². The molecule has 70 valence electrons. The third-order valence-corrected chi connectivity index (χ3v) is 3.83. The van der Waals surface area contributed by atoms with E-state index in [0.29, 0.717) is 0 Å². The molecule has 2 rings (SSSR count). The van der Waals surface area contributed by atoms with Crippen LogP contribution in [0.2, 0.25) is 0 Å². The van der Waals surface area contributed by atoms with E-state index in [0.717, 1.165) is 25.7 Å². The van der Waals surface area contributed by atoms with E-state index in [9.17, 15) is 10.2 Å². The minimum absolute atomic E-state index is 0.0990. The highest BCUT2D eigenvalue weighted by molar-refractivity contribution is 4.99. The minimum atomic E-state index is -0.229. The lowest BCUT2D eigenvalue weighted by Gasteiger charge is -2.39. The van der Waals surface area contributed by atoms with Gasteiger partial charge in [0.2, 0.25) is 0 Å². The van der Waals surface area contributed by atoms with Crippen LogP contribution in [-0.2, 0) is 0 Å². The molecular weight excluding hydrogens is 152 g/mol. The summed E-state index contributed by atoms with van der Waals surface area (Å²) >= 11 is 0. The molecular formula is C10H18O2. The zero-order valence-electron chi connectivity index (χ0n) is 7.50. The summed E-state index contributed by atoms with van der Waals surface area (Å²) in [5.74, 6) is 0. The summed E-state index contributed by atoms with van der Waals surface area (Å²) in [6.07, 6.45) is 6.89. The van der Waals surface area contributed by atoms with E-state index in [2.05, 4.69) is 0 Å². The lowest BCUT2D eigenvalue weighted by molar-refractivity contribution is -0.0485.